The van der Waals surface area contributed by atoms with Gasteiger partial charge in [-0.3, -0.25) is 9.59 Å². The van der Waals surface area contributed by atoms with Gasteiger partial charge < -0.3 is 81.2 Å². The van der Waals surface area contributed by atoms with Crippen LogP contribution in [0.25, 0.3) is 22.3 Å². The Balaban J connectivity index is 0.731. The fraction of sp³-hybridized carbons (Fsp3) is 0.612. The van der Waals surface area contributed by atoms with Gasteiger partial charge in [-0.2, -0.15) is 19.9 Å². The van der Waals surface area contributed by atoms with E-state index in [0.29, 0.717) is 78.2 Å². The summed E-state index contributed by atoms with van der Waals surface area (Å²) in [6.07, 6.45) is 18.4. The minimum atomic E-state index is -1.26. The van der Waals surface area contributed by atoms with Crippen molar-refractivity contribution in [3.05, 3.63) is 49.1 Å². The summed E-state index contributed by atoms with van der Waals surface area (Å²) in [5.41, 5.74) is 4.17. The number of anilines is 4. The smallest absolute Gasteiger partial charge is 0.315 e. The molecule has 4 aliphatic carbocycles. The van der Waals surface area contributed by atoms with Crippen molar-refractivity contribution < 1.29 is 34.8 Å². The molecule has 0 aromatic carbocycles. The number of aromatic nitrogens is 12. The van der Waals surface area contributed by atoms with Gasteiger partial charge in [0, 0.05) is 88.7 Å². The number of aryl methyl sites for hydroxylation is 2. The van der Waals surface area contributed by atoms with E-state index in [1.54, 1.807) is 29.9 Å². The van der Waals surface area contributed by atoms with Crippen molar-refractivity contribution in [1.82, 2.24) is 79.4 Å². The molecule has 0 spiro atoms. The van der Waals surface area contributed by atoms with Gasteiger partial charge in [0.25, 0.3) is 0 Å². The number of hydrogen-bond donors (Lipinski definition) is 12. The van der Waals surface area contributed by atoms with Crippen molar-refractivity contribution in [2.45, 2.75) is 150 Å². The number of rotatable bonds is 20. The number of hydrogen-bond acceptors (Lipinski definition) is 19. The maximum atomic E-state index is 13.5. The van der Waals surface area contributed by atoms with E-state index in [9.17, 15) is 34.8 Å². The summed E-state index contributed by atoms with van der Waals surface area (Å²) in [4.78, 5) is 75.2. The average Bonchev–Trinajstić information content (AvgIpc) is 4.35. The molecule has 408 valence electrons. The monoisotopic (exact) mass is 1050 g/mol. The molecule has 4 saturated carbocycles. The van der Waals surface area contributed by atoms with Crippen LogP contribution in [0.3, 0.4) is 0 Å². The maximum absolute atomic E-state index is 13.5. The number of aliphatic hydroxyl groups excluding tert-OH is 4. The Bertz CT molecular complexity index is 2960. The maximum Gasteiger partial charge on any atom is 0.315 e. The molecular weight excluding hydrogens is 981 g/mol. The van der Waals surface area contributed by atoms with Gasteiger partial charge in [-0.25, -0.2) is 24.7 Å². The Kier molecular flexibility index (Phi) is 16.0. The van der Waals surface area contributed by atoms with Crippen molar-refractivity contribution in [2.75, 3.05) is 47.6 Å². The Morgan fingerprint density at radius 2 is 1.04 bits per heavy atom. The molecule has 0 bridgehead atoms. The molecule has 6 heterocycles. The normalized spacial score (nSPS) is 25.6. The number of carbonyl (C=O) groups is 3. The molecule has 76 heavy (non-hydrogen) atoms. The molecule has 4 aliphatic rings. The zero-order valence-corrected chi connectivity index (χ0v) is 42.8. The highest BCUT2D eigenvalue weighted by Gasteiger charge is 2.44. The quantitative estimate of drug-likeness (QED) is 0.0496. The number of amides is 4. The van der Waals surface area contributed by atoms with Gasteiger partial charge >= 0.3 is 6.03 Å². The third-order valence-electron chi connectivity index (χ3n) is 15.3. The number of imidazole rings is 4. The second-order valence-electron chi connectivity index (χ2n) is 20.9. The van der Waals surface area contributed by atoms with Gasteiger partial charge in [0.05, 0.1) is 48.8 Å². The summed E-state index contributed by atoms with van der Waals surface area (Å²) in [6.45, 7) is -0.189. The second-order valence-corrected chi connectivity index (χ2v) is 20.9. The lowest BCUT2D eigenvalue weighted by atomic mass is 9.90. The van der Waals surface area contributed by atoms with Gasteiger partial charge in [-0.05, 0) is 77.0 Å². The number of aliphatic hydroxyl groups is 4. The summed E-state index contributed by atoms with van der Waals surface area (Å²) in [5, 5.41) is 66.5. The second kappa shape index (κ2) is 23.3. The summed E-state index contributed by atoms with van der Waals surface area (Å²) in [7, 11) is 3.85. The summed E-state index contributed by atoms with van der Waals surface area (Å²) >= 11 is 0. The molecular formula is C49H70N20O7. The molecule has 4 fully saturated rings. The number of fused-ring (bicyclic) bond motifs is 2. The third-order valence-corrected chi connectivity index (χ3v) is 15.3. The van der Waals surface area contributed by atoms with Crippen molar-refractivity contribution >= 4 is 63.7 Å². The van der Waals surface area contributed by atoms with Crippen molar-refractivity contribution in [2.24, 2.45) is 14.1 Å². The summed E-state index contributed by atoms with van der Waals surface area (Å²) < 4.78 is 7.59. The predicted octanol–water partition coefficient (Wildman–Crippen LogP) is 0.534. The average molecular weight is 1050 g/mol. The lowest BCUT2D eigenvalue weighted by Gasteiger charge is -2.32. The fourth-order valence-corrected chi connectivity index (χ4v) is 11.4. The Labute approximate surface area is 437 Å². The molecule has 10 rings (SSSR count). The Morgan fingerprint density at radius 3 is 1.55 bits per heavy atom. The van der Waals surface area contributed by atoms with E-state index in [0.717, 1.165) is 75.6 Å². The molecule has 0 unspecified atom stereocenters. The Hall–Kier alpha value is -7.23. The van der Waals surface area contributed by atoms with Gasteiger partial charge in [0.1, 0.15) is 25.4 Å². The van der Waals surface area contributed by atoms with Crippen LogP contribution in [0.15, 0.2) is 37.7 Å². The molecule has 0 aliphatic heterocycles. The fourth-order valence-electron chi connectivity index (χ4n) is 11.4. The molecule has 27 heteroatoms. The summed E-state index contributed by atoms with van der Waals surface area (Å²) in [5.74, 6) is 0.959. The number of nitrogens with one attached hydrogen (secondary N) is 8. The van der Waals surface area contributed by atoms with Crippen LogP contribution in [-0.4, -0.2) is 171 Å². The van der Waals surface area contributed by atoms with Crippen LogP contribution < -0.4 is 42.5 Å². The lowest BCUT2D eigenvalue weighted by Crippen LogP contribution is -2.49. The van der Waals surface area contributed by atoms with Crippen LogP contribution in [0.4, 0.5) is 28.3 Å². The molecule has 6 aromatic rings. The van der Waals surface area contributed by atoms with Crippen molar-refractivity contribution in [1.29, 1.82) is 0 Å². The van der Waals surface area contributed by atoms with Crippen LogP contribution in [0.1, 0.15) is 101 Å². The van der Waals surface area contributed by atoms with E-state index in [2.05, 4.69) is 62.1 Å². The third kappa shape index (κ3) is 12.2. The van der Waals surface area contributed by atoms with E-state index in [-0.39, 0.29) is 54.6 Å². The predicted molar refractivity (Wildman–Crippen MR) is 279 cm³/mol. The van der Waals surface area contributed by atoms with Crippen LogP contribution in [0.5, 0.6) is 0 Å². The highest BCUT2D eigenvalue weighted by Crippen LogP contribution is 2.37. The first-order chi connectivity index (χ1) is 36.9. The van der Waals surface area contributed by atoms with E-state index >= 15 is 0 Å². The lowest BCUT2D eigenvalue weighted by molar-refractivity contribution is -0.125. The zero-order chi connectivity index (χ0) is 52.9. The molecule has 4 amide bonds. The highest BCUT2D eigenvalue weighted by molar-refractivity contribution is 5.86. The summed E-state index contributed by atoms with van der Waals surface area (Å²) in [6, 6.07) is -1.47. The molecule has 12 N–H and O–H groups in total. The zero-order valence-electron chi connectivity index (χ0n) is 42.8. The van der Waals surface area contributed by atoms with Crippen LogP contribution >= 0.6 is 0 Å². The molecule has 27 nitrogen and oxygen atoms in total. The minimum Gasteiger partial charge on any atom is -0.388 e. The van der Waals surface area contributed by atoms with Gasteiger partial charge in [0.2, 0.25) is 23.7 Å². The number of urea groups is 1. The van der Waals surface area contributed by atoms with E-state index in [4.69, 9.17) is 24.9 Å². The van der Waals surface area contributed by atoms with Crippen LogP contribution in [0, 0.1) is 0 Å². The Morgan fingerprint density at radius 1 is 0.553 bits per heavy atom. The van der Waals surface area contributed by atoms with Crippen molar-refractivity contribution in [3.8, 4) is 0 Å². The number of nitrogens with zero attached hydrogens (tertiary/aromatic N) is 12. The van der Waals surface area contributed by atoms with Gasteiger partial charge in [-0.15, -0.1) is 0 Å². The van der Waals surface area contributed by atoms with Crippen LogP contribution in [0.2, 0.25) is 0 Å². The highest BCUT2D eigenvalue weighted by atomic mass is 16.3. The molecule has 6 atom stereocenters. The standard InChI is InChI=1S/C49H70N20O7/c1-66-19-32(52-23-66)13-15-50-47-62-43(39-45(64-47)68(25-54-39)34-12-11-31(17-34)56-37(72)21-70)57-27-3-7-29(8-4-27)59-49(76)60-30-9-5-28(6-10-30)58-44-40-46(65-48(63-44)51-16-14-33-20-67(2)24-53-33)69(26-55-40)36-18-35(41(74)42(36)75)61-38(73)22-71/h19-20,23-31,34-36,41-42,70-71,74-75H,3-18,21-22H2,1-2H3,(H,56,72)(H,61,73)(H2,59,60,76)(H2,50,57,62,64)(H2,51,58,63,65)/t27?,28?,29?,30?,31-,34+,35+,36-,41-,42+/m1/s1. The van der Waals surface area contributed by atoms with Crippen molar-refractivity contribution in [3.63, 3.8) is 0 Å². The topological polar surface area (TPSA) is 351 Å². The SMILES string of the molecule is Cn1cnc(CCNc2nc(NC3CCC(NC(=O)NC4CCC(Nc5nc(NCCc6cn(C)cn6)nc6c5ncn6[C@@H]5C[C@H](NC(=O)CO)[C@@H](O)[C@H]5O)CC4)CC3)c3ncn([C@H]4CC[C@@H](NC(=O)CO)C4)c3n2)c1. The first kappa shape index (κ1) is 52.2. The minimum absolute atomic E-state index is 0.0108. The van der Waals surface area contributed by atoms with Gasteiger partial charge in [-0.1, -0.05) is 0 Å². The first-order valence-corrected chi connectivity index (χ1v) is 26.5. The first-order valence-electron chi connectivity index (χ1n) is 26.5. The van der Waals surface area contributed by atoms with E-state index in [1.165, 1.54) is 0 Å². The molecule has 6 aromatic heterocycles. The van der Waals surface area contributed by atoms with Gasteiger partial charge in [0.15, 0.2) is 34.0 Å². The van der Waals surface area contributed by atoms with E-state index in [1.807, 2.05) is 35.6 Å². The largest absolute Gasteiger partial charge is 0.388 e. The molecule has 0 radical (unpaired) electrons. The van der Waals surface area contributed by atoms with E-state index < -0.39 is 43.4 Å². The number of carbonyl (C=O) groups excluding carboxylic acids is 3. The van der Waals surface area contributed by atoms with Crippen LogP contribution in [-0.2, 0) is 36.5 Å². The molecule has 0 saturated heterocycles.